The normalized spacial score (nSPS) is 16.3. The van der Waals surface area contributed by atoms with E-state index >= 15 is 0 Å². The fourth-order valence-corrected chi connectivity index (χ4v) is 3.78. The molecule has 8 nitrogen and oxygen atoms in total. The first kappa shape index (κ1) is 20.6. The average Bonchev–Trinajstić information content (AvgIpc) is 3.23. The quantitative estimate of drug-likeness (QED) is 0.605. The number of alkyl halides is 1. The summed E-state index contributed by atoms with van der Waals surface area (Å²) in [5.41, 5.74) is 2.29. The first-order chi connectivity index (χ1) is 15.1. The third-order valence-corrected chi connectivity index (χ3v) is 5.28. The minimum absolute atomic E-state index is 0.0531. The largest absolute Gasteiger partial charge is 0.491 e. The number of halogens is 1. The van der Waals surface area contributed by atoms with Gasteiger partial charge in [0.2, 0.25) is 0 Å². The maximum Gasteiger partial charge on any atom is 0.164 e. The third kappa shape index (κ3) is 4.43. The Morgan fingerprint density at radius 1 is 1.29 bits per heavy atom. The van der Waals surface area contributed by atoms with Crippen molar-refractivity contribution in [2.75, 3.05) is 42.7 Å². The predicted octanol–water partition coefficient (Wildman–Crippen LogP) is 2.81. The highest BCUT2D eigenvalue weighted by atomic mass is 19.1. The van der Waals surface area contributed by atoms with Crippen LogP contribution >= 0.6 is 0 Å². The molecule has 0 radical (unpaired) electrons. The van der Waals surface area contributed by atoms with Crippen LogP contribution in [0, 0.1) is 11.3 Å². The summed E-state index contributed by atoms with van der Waals surface area (Å²) >= 11 is 0. The van der Waals surface area contributed by atoms with Gasteiger partial charge in [0, 0.05) is 50.7 Å². The summed E-state index contributed by atoms with van der Waals surface area (Å²) < 4.78 is 19.5. The molecule has 31 heavy (non-hydrogen) atoms. The molecule has 3 heterocycles. The van der Waals surface area contributed by atoms with Gasteiger partial charge in [0.25, 0.3) is 0 Å². The maximum atomic E-state index is 12.4. The van der Waals surface area contributed by atoms with E-state index in [2.05, 4.69) is 32.9 Å². The number of anilines is 2. The van der Waals surface area contributed by atoms with Gasteiger partial charge < -0.3 is 14.5 Å². The van der Waals surface area contributed by atoms with Gasteiger partial charge in [-0.1, -0.05) is 6.07 Å². The zero-order valence-corrected chi connectivity index (χ0v) is 17.6. The summed E-state index contributed by atoms with van der Waals surface area (Å²) in [5.74, 6) is 1.85. The highest BCUT2D eigenvalue weighted by molar-refractivity contribution is 5.62. The van der Waals surface area contributed by atoms with Crippen LogP contribution in [0.5, 0.6) is 5.75 Å². The average molecular weight is 421 g/mol. The van der Waals surface area contributed by atoms with Crippen LogP contribution in [-0.2, 0) is 7.05 Å². The second-order valence-electron chi connectivity index (χ2n) is 7.47. The molecule has 2 aromatic heterocycles. The number of rotatable bonds is 6. The Labute approximate surface area is 180 Å². The van der Waals surface area contributed by atoms with Crippen molar-refractivity contribution in [1.29, 1.82) is 5.26 Å². The zero-order valence-electron chi connectivity index (χ0n) is 17.6. The van der Waals surface area contributed by atoms with E-state index in [4.69, 9.17) is 9.72 Å². The first-order valence-electron chi connectivity index (χ1n) is 10.2. The molecule has 0 aliphatic carbocycles. The SMILES string of the molecule is CC1CN(c2cccc(OCCF)c2)CCN1c1nc(-c2cnn(C)c2)ncc1C#N. The first-order valence-corrected chi connectivity index (χ1v) is 10.2. The Morgan fingerprint density at radius 3 is 2.87 bits per heavy atom. The van der Waals surface area contributed by atoms with Gasteiger partial charge in [-0.05, 0) is 19.1 Å². The van der Waals surface area contributed by atoms with Gasteiger partial charge in [0.1, 0.15) is 30.7 Å². The molecule has 1 aliphatic heterocycles. The summed E-state index contributed by atoms with van der Waals surface area (Å²) in [6.45, 7) is 3.87. The molecule has 9 heteroatoms. The fraction of sp³-hybridized carbons (Fsp3) is 0.364. The van der Waals surface area contributed by atoms with Crippen molar-refractivity contribution in [3.05, 3.63) is 48.4 Å². The number of ether oxygens (including phenoxy) is 1. The van der Waals surface area contributed by atoms with Crippen LogP contribution in [0.25, 0.3) is 11.4 Å². The summed E-state index contributed by atoms with van der Waals surface area (Å²) in [7, 11) is 1.84. The monoisotopic (exact) mass is 421 g/mol. The smallest absolute Gasteiger partial charge is 0.164 e. The molecule has 0 N–H and O–H groups in total. The summed E-state index contributed by atoms with van der Waals surface area (Å²) in [5, 5.41) is 13.8. The second kappa shape index (κ2) is 9.00. The van der Waals surface area contributed by atoms with Crippen LogP contribution in [0.4, 0.5) is 15.9 Å². The topological polar surface area (TPSA) is 83.1 Å². The van der Waals surface area contributed by atoms with Crippen molar-refractivity contribution in [2.45, 2.75) is 13.0 Å². The van der Waals surface area contributed by atoms with E-state index in [1.54, 1.807) is 17.1 Å². The van der Waals surface area contributed by atoms with Crippen LogP contribution in [0.1, 0.15) is 12.5 Å². The van der Waals surface area contributed by atoms with E-state index in [0.29, 0.717) is 29.5 Å². The van der Waals surface area contributed by atoms with Crippen molar-refractivity contribution in [1.82, 2.24) is 19.7 Å². The summed E-state index contributed by atoms with van der Waals surface area (Å²) in [6, 6.07) is 10.0. The van der Waals surface area contributed by atoms with Crippen LogP contribution < -0.4 is 14.5 Å². The number of hydrogen-bond acceptors (Lipinski definition) is 7. The molecular weight excluding hydrogens is 397 g/mol. The Balaban J connectivity index is 1.55. The van der Waals surface area contributed by atoms with Crippen LogP contribution in [0.2, 0.25) is 0 Å². The lowest BCUT2D eigenvalue weighted by Crippen LogP contribution is -2.52. The molecule has 0 saturated carbocycles. The fourth-order valence-electron chi connectivity index (χ4n) is 3.78. The van der Waals surface area contributed by atoms with Gasteiger partial charge in [0.15, 0.2) is 11.6 Å². The number of piperazine rings is 1. The third-order valence-electron chi connectivity index (χ3n) is 5.28. The van der Waals surface area contributed by atoms with E-state index in [9.17, 15) is 9.65 Å². The Hall–Kier alpha value is -3.67. The lowest BCUT2D eigenvalue weighted by atomic mass is 10.1. The van der Waals surface area contributed by atoms with Gasteiger partial charge in [0.05, 0.1) is 18.0 Å². The van der Waals surface area contributed by atoms with Crippen molar-refractivity contribution in [2.24, 2.45) is 7.05 Å². The molecule has 1 atom stereocenters. The number of benzene rings is 1. The highest BCUT2D eigenvalue weighted by Crippen LogP contribution is 2.28. The summed E-state index contributed by atoms with van der Waals surface area (Å²) in [4.78, 5) is 13.5. The van der Waals surface area contributed by atoms with E-state index in [0.717, 1.165) is 24.3 Å². The molecule has 0 spiro atoms. The number of aromatic nitrogens is 4. The minimum atomic E-state index is -0.513. The molecule has 3 aromatic rings. The predicted molar refractivity (Wildman–Crippen MR) is 116 cm³/mol. The van der Waals surface area contributed by atoms with Crippen LogP contribution in [-0.4, -0.2) is 58.7 Å². The molecule has 4 rings (SSSR count). The number of nitriles is 1. The van der Waals surface area contributed by atoms with Crippen molar-refractivity contribution >= 4 is 11.5 Å². The van der Waals surface area contributed by atoms with E-state index < -0.39 is 6.67 Å². The van der Waals surface area contributed by atoms with Gasteiger partial charge in [-0.25, -0.2) is 14.4 Å². The summed E-state index contributed by atoms with van der Waals surface area (Å²) in [6.07, 6.45) is 5.14. The molecule has 1 aromatic carbocycles. The van der Waals surface area contributed by atoms with Crippen molar-refractivity contribution in [3.8, 4) is 23.2 Å². The van der Waals surface area contributed by atoms with E-state index in [1.165, 1.54) is 0 Å². The minimum Gasteiger partial charge on any atom is -0.491 e. The van der Waals surface area contributed by atoms with Gasteiger partial charge in [-0.3, -0.25) is 4.68 Å². The van der Waals surface area contributed by atoms with Gasteiger partial charge >= 0.3 is 0 Å². The standard InChI is InChI=1S/C22H24FN7O/c1-16-14-29(19-4-3-5-20(10-19)31-9-6-23)7-8-30(16)22-17(11-24)12-25-21(27-22)18-13-26-28(2)15-18/h3-5,10,12-13,15-16H,6-9,14H2,1-2H3. The Morgan fingerprint density at radius 2 is 2.16 bits per heavy atom. The van der Waals surface area contributed by atoms with Gasteiger partial charge in [-0.15, -0.1) is 0 Å². The van der Waals surface area contributed by atoms with E-state index in [1.807, 2.05) is 37.5 Å². The molecule has 1 fully saturated rings. The zero-order chi connectivity index (χ0) is 21.8. The lowest BCUT2D eigenvalue weighted by Gasteiger charge is -2.42. The Kier molecular flexibility index (Phi) is 5.98. The number of nitrogens with zero attached hydrogens (tertiary/aromatic N) is 7. The van der Waals surface area contributed by atoms with Crippen molar-refractivity contribution < 1.29 is 9.13 Å². The van der Waals surface area contributed by atoms with E-state index in [-0.39, 0.29) is 12.6 Å². The van der Waals surface area contributed by atoms with Crippen molar-refractivity contribution in [3.63, 3.8) is 0 Å². The Bertz CT molecular complexity index is 1090. The van der Waals surface area contributed by atoms with Gasteiger partial charge in [-0.2, -0.15) is 10.4 Å². The lowest BCUT2D eigenvalue weighted by molar-refractivity contribution is 0.273. The molecule has 1 saturated heterocycles. The molecule has 1 aliphatic rings. The van der Waals surface area contributed by atoms with Crippen LogP contribution in [0.3, 0.4) is 0 Å². The van der Waals surface area contributed by atoms with Crippen LogP contribution in [0.15, 0.2) is 42.9 Å². The molecular formula is C22H24FN7O. The second-order valence-corrected chi connectivity index (χ2v) is 7.47. The number of hydrogen-bond donors (Lipinski definition) is 0. The molecule has 160 valence electrons. The molecule has 1 unspecified atom stereocenters. The number of aryl methyl sites for hydroxylation is 1. The maximum absolute atomic E-state index is 12.4. The molecule has 0 amide bonds. The molecule has 0 bridgehead atoms. The highest BCUT2D eigenvalue weighted by Gasteiger charge is 2.27.